The van der Waals surface area contributed by atoms with Gasteiger partial charge in [-0.2, -0.15) is 0 Å². The lowest BCUT2D eigenvalue weighted by Crippen LogP contribution is -2.20. The molecule has 0 atom stereocenters. The Labute approximate surface area is 120 Å². The molecule has 4 heteroatoms. The van der Waals surface area contributed by atoms with Gasteiger partial charge in [0.2, 0.25) is 0 Å². The van der Waals surface area contributed by atoms with Crippen LogP contribution in [0.3, 0.4) is 0 Å². The zero-order valence-electron chi connectivity index (χ0n) is 12.1. The molecule has 1 heterocycles. The van der Waals surface area contributed by atoms with E-state index in [0.717, 1.165) is 30.9 Å². The molecule has 0 aliphatic heterocycles. The van der Waals surface area contributed by atoms with Gasteiger partial charge < -0.3 is 15.5 Å². The summed E-state index contributed by atoms with van der Waals surface area (Å²) in [5.41, 5.74) is 3.34. The van der Waals surface area contributed by atoms with E-state index in [1.54, 1.807) is 0 Å². The van der Waals surface area contributed by atoms with Crippen LogP contribution in [0.15, 0.2) is 48.8 Å². The van der Waals surface area contributed by atoms with Crippen molar-refractivity contribution in [3.8, 4) is 0 Å². The highest BCUT2D eigenvalue weighted by atomic mass is 15.1. The van der Waals surface area contributed by atoms with E-state index in [1.165, 1.54) is 5.69 Å². The number of rotatable bonds is 7. The molecule has 2 rings (SSSR count). The van der Waals surface area contributed by atoms with E-state index in [4.69, 9.17) is 0 Å². The van der Waals surface area contributed by atoms with Crippen LogP contribution in [0.2, 0.25) is 0 Å². The van der Waals surface area contributed by atoms with Crippen LogP contribution in [-0.4, -0.2) is 32.2 Å². The van der Waals surface area contributed by atoms with Crippen LogP contribution in [-0.2, 0) is 0 Å². The Morgan fingerprint density at radius 2 is 1.85 bits per heavy atom. The number of nitrogens with zero attached hydrogens (tertiary/aromatic N) is 2. The highest BCUT2D eigenvalue weighted by molar-refractivity contribution is 5.53. The largest absolute Gasteiger partial charge is 0.387 e. The van der Waals surface area contributed by atoms with Crippen molar-refractivity contribution in [2.75, 3.05) is 42.7 Å². The lowest BCUT2D eigenvalue weighted by molar-refractivity contribution is 0.816. The van der Waals surface area contributed by atoms with Crippen molar-refractivity contribution < 1.29 is 0 Å². The maximum atomic E-state index is 4.18. The van der Waals surface area contributed by atoms with Crippen molar-refractivity contribution in [2.45, 2.75) is 6.42 Å². The van der Waals surface area contributed by atoms with Gasteiger partial charge in [0.1, 0.15) is 0 Å². The zero-order valence-corrected chi connectivity index (χ0v) is 12.1. The van der Waals surface area contributed by atoms with Gasteiger partial charge in [-0.3, -0.25) is 4.98 Å². The van der Waals surface area contributed by atoms with E-state index in [9.17, 15) is 0 Å². The minimum Gasteiger partial charge on any atom is -0.387 e. The molecule has 2 aromatic rings. The van der Waals surface area contributed by atoms with Crippen LogP contribution in [0.25, 0.3) is 0 Å². The first-order chi connectivity index (χ1) is 9.79. The van der Waals surface area contributed by atoms with Crippen LogP contribution in [0.1, 0.15) is 6.42 Å². The van der Waals surface area contributed by atoms with Crippen LogP contribution in [0, 0.1) is 0 Å². The van der Waals surface area contributed by atoms with Crippen molar-refractivity contribution in [1.29, 1.82) is 0 Å². The number of pyridine rings is 1. The van der Waals surface area contributed by atoms with Crippen molar-refractivity contribution >= 4 is 17.1 Å². The monoisotopic (exact) mass is 270 g/mol. The van der Waals surface area contributed by atoms with Gasteiger partial charge in [0.05, 0.1) is 23.8 Å². The van der Waals surface area contributed by atoms with Crippen molar-refractivity contribution in [1.82, 2.24) is 4.98 Å². The first kappa shape index (κ1) is 14.2. The SMILES string of the molecule is CNc1cncc(NCCCN(C)c2ccccc2)c1. The highest BCUT2D eigenvalue weighted by Gasteiger charge is 1.99. The molecule has 0 amide bonds. The minimum absolute atomic E-state index is 0.937. The van der Waals surface area contributed by atoms with Gasteiger partial charge >= 0.3 is 0 Å². The van der Waals surface area contributed by atoms with Gasteiger partial charge in [-0.1, -0.05) is 18.2 Å². The molecule has 0 radical (unpaired) electrons. The average Bonchev–Trinajstić information content (AvgIpc) is 2.52. The lowest BCUT2D eigenvalue weighted by Gasteiger charge is -2.19. The molecule has 20 heavy (non-hydrogen) atoms. The van der Waals surface area contributed by atoms with Crippen LogP contribution in [0.5, 0.6) is 0 Å². The third kappa shape index (κ3) is 4.16. The van der Waals surface area contributed by atoms with E-state index in [2.05, 4.69) is 57.9 Å². The molecule has 0 bridgehead atoms. The topological polar surface area (TPSA) is 40.2 Å². The Morgan fingerprint density at radius 1 is 1.10 bits per heavy atom. The molecule has 0 fully saturated rings. The molecule has 2 N–H and O–H groups in total. The van der Waals surface area contributed by atoms with E-state index in [0.29, 0.717) is 0 Å². The minimum atomic E-state index is 0.937. The predicted octanol–water partition coefficient (Wildman–Crippen LogP) is 3.06. The number of hydrogen-bond acceptors (Lipinski definition) is 4. The van der Waals surface area contributed by atoms with Crippen molar-refractivity contribution in [3.63, 3.8) is 0 Å². The number of anilines is 3. The molecule has 0 spiro atoms. The highest BCUT2D eigenvalue weighted by Crippen LogP contribution is 2.13. The molecule has 0 aliphatic rings. The summed E-state index contributed by atoms with van der Waals surface area (Å²) in [5.74, 6) is 0. The zero-order chi connectivity index (χ0) is 14.2. The number of aromatic nitrogens is 1. The standard InChI is InChI=1S/C16H22N4/c1-17-14-11-15(13-18-12-14)19-9-6-10-20(2)16-7-4-3-5-8-16/h3-5,7-8,11-13,17,19H,6,9-10H2,1-2H3. The van der Waals surface area contributed by atoms with Crippen molar-refractivity contribution in [2.24, 2.45) is 0 Å². The Hall–Kier alpha value is -2.23. The molecule has 106 valence electrons. The van der Waals surface area contributed by atoms with E-state index < -0.39 is 0 Å². The molecule has 1 aromatic heterocycles. The molecule has 4 nitrogen and oxygen atoms in total. The fourth-order valence-corrected chi connectivity index (χ4v) is 2.03. The van der Waals surface area contributed by atoms with Gasteiger partial charge in [-0.15, -0.1) is 0 Å². The van der Waals surface area contributed by atoms with Crippen LogP contribution >= 0.6 is 0 Å². The van der Waals surface area contributed by atoms with Gasteiger partial charge in [-0.25, -0.2) is 0 Å². The van der Waals surface area contributed by atoms with Gasteiger partial charge in [0, 0.05) is 32.9 Å². The first-order valence-electron chi connectivity index (χ1n) is 6.92. The molecule has 0 aliphatic carbocycles. The maximum Gasteiger partial charge on any atom is 0.0547 e. The maximum absolute atomic E-state index is 4.18. The third-order valence-corrected chi connectivity index (χ3v) is 3.22. The number of nitrogens with one attached hydrogen (secondary N) is 2. The fourth-order valence-electron chi connectivity index (χ4n) is 2.03. The van der Waals surface area contributed by atoms with Gasteiger partial charge in [-0.05, 0) is 24.6 Å². The molecular weight excluding hydrogens is 248 g/mol. The smallest absolute Gasteiger partial charge is 0.0547 e. The Bertz CT molecular complexity index is 513. The summed E-state index contributed by atoms with van der Waals surface area (Å²) in [5, 5.41) is 6.48. The first-order valence-corrected chi connectivity index (χ1v) is 6.92. The predicted molar refractivity (Wildman–Crippen MR) is 86.6 cm³/mol. The van der Waals surface area contributed by atoms with Crippen LogP contribution in [0.4, 0.5) is 17.1 Å². The van der Waals surface area contributed by atoms with Gasteiger partial charge in [0.25, 0.3) is 0 Å². The van der Waals surface area contributed by atoms with Crippen molar-refractivity contribution in [3.05, 3.63) is 48.8 Å². The summed E-state index contributed by atoms with van der Waals surface area (Å²) in [7, 11) is 4.02. The van der Waals surface area contributed by atoms with E-state index >= 15 is 0 Å². The second-order valence-electron chi connectivity index (χ2n) is 4.75. The number of benzene rings is 1. The van der Waals surface area contributed by atoms with Gasteiger partial charge in [0.15, 0.2) is 0 Å². The second-order valence-corrected chi connectivity index (χ2v) is 4.75. The average molecular weight is 270 g/mol. The Kier molecular flexibility index (Phi) is 5.24. The molecular formula is C16H22N4. The van der Waals surface area contributed by atoms with E-state index in [-0.39, 0.29) is 0 Å². The summed E-state index contributed by atoms with van der Waals surface area (Å²) in [6.07, 6.45) is 4.74. The molecule has 0 unspecified atom stereocenters. The summed E-state index contributed by atoms with van der Waals surface area (Å²) in [6.45, 7) is 1.96. The third-order valence-electron chi connectivity index (χ3n) is 3.22. The number of hydrogen-bond donors (Lipinski definition) is 2. The Balaban J connectivity index is 1.73. The lowest BCUT2D eigenvalue weighted by atomic mass is 10.3. The normalized spacial score (nSPS) is 10.1. The second kappa shape index (κ2) is 7.38. The van der Waals surface area contributed by atoms with E-state index in [1.807, 2.05) is 25.5 Å². The van der Waals surface area contributed by atoms with Crippen LogP contribution < -0.4 is 15.5 Å². The summed E-state index contributed by atoms with van der Waals surface area (Å²) >= 11 is 0. The summed E-state index contributed by atoms with van der Waals surface area (Å²) in [6, 6.07) is 12.5. The quantitative estimate of drug-likeness (QED) is 0.759. The fraction of sp³-hybridized carbons (Fsp3) is 0.312. The molecule has 0 saturated carbocycles. The summed E-state index contributed by atoms with van der Waals surface area (Å²) < 4.78 is 0. The summed E-state index contributed by atoms with van der Waals surface area (Å²) in [4.78, 5) is 6.45. The Morgan fingerprint density at radius 3 is 2.60 bits per heavy atom. The molecule has 1 aromatic carbocycles. The molecule has 0 saturated heterocycles. The number of para-hydroxylation sites is 1.